The number of nitrogens with one attached hydrogen (secondary N) is 1. The molecule has 2 heterocycles. The molecule has 19 heteroatoms. The fourth-order valence-electron chi connectivity index (χ4n) is 5.89. The summed E-state index contributed by atoms with van der Waals surface area (Å²) in [5.41, 5.74) is 29.4. The van der Waals surface area contributed by atoms with Gasteiger partial charge in [-0.3, -0.25) is 9.79 Å². The van der Waals surface area contributed by atoms with Crippen molar-refractivity contribution in [3.63, 3.8) is 0 Å². The summed E-state index contributed by atoms with van der Waals surface area (Å²) in [5, 5.41) is 63.7. The van der Waals surface area contributed by atoms with Gasteiger partial charge in [-0.1, -0.05) is 0 Å². The average molecular weight is 656 g/mol. The molecule has 262 valence electrons. The number of hydrogen-bond donors (Lipinski definition) is 12. The zero-order chi connectivity index (χ0) is 33.4. The molecule has 15 atom stereocenters. The van der Waals surface area contributed by atoms with Crippen LogP contribution in [-0.4, -0.2) is 161 Å². The molecule has 0 amide bonds. The van der Waals surface area contributed by atoms with E-state index >= 15 is 4.39 Å². The van der Waals surface area contributed by atoms with Crippen LogP contribution in [-0.2, 0) is 23.7 Å². The molecule has 1 saturated carbocycles. The molecule has 3 fully saturated rings. The molecular formula is C26H50FN7O11. The van der Waals surface area contributed by atoms with Crippen LogP contribution in [0.25, 0.3) is 0 Å². The lowest BCUT2D eigenvalue weighted by atomic mass is 9.77. The largest absolute Gasteiger partial charge is 0.394 e. The van der Waals surface area contributed by atoms with Crippen LogP contribution in [0.3, 0.4) is 0 Å². The molecule has 0 radical (unpaired) electrons. The van der Waals surface area contributed by atoms with Gasteiger partial charge in [0.25, 0.3) is 0 Å². The van der Waals surface area contributed by atoms with E-state index in [0.29, 0.717) is 0 Å². The SMILES string of the molecule is NCC[C@H](O)C(=O)C[C@@H]1CC(N)[C@@H](O[C@H]2OC(CN)[C@@H](O)CC2N)[C@H](F)C1OC1O[C@H](CO)[C@@H](O)C(NC(N)=NCCO)[C@H]1O. The van der Waals surface area contributed by atoms with Crippen molar-refractivity contribution in [3.8, 4) is 0 Å². The molecule has 6 unspecified atom stereocenters. The van der Waals surface area contributed by atoms with Gasteiger partial charge >= 0.3 is 0 Å². The van der Waals surface area contributed by atoms with Crippen molar-refractivity contribution < 1.29 is 58.8 Å². The molecule has 45 heavy (non-hydrogen) atoms. The molecule has 0 aromatic rings. The Morgan fingerprint density at radius 3 is 2.29 bits per heavy atom. The number of hydrogen-bond acceptors (Lipinski definition) is 16. The minimum atomic E-state index is -2.07. The summed E-state index contributed by atoms with van der Waals surface area (Å²) < 4.78 is 39.7. The van der Waals surface area contributed by atoms with E-state index in [2.05, 4.69) is 10.3 Å². The molecule has 2 saturated heterocycles. The first-order valence-corrected chi connectivity index (χ1v) is 15.1. The third kappa shape index (κ3) is 9.45. The third-order valence-electron chi connectivity index (χ3n) is 8.36. The van der Waals surface area contributed by atoms with E-state index in [1.807, 2.05) is 0 Å². The number of ether oxygens (including phenoxy) is 4. The predicted molar refractivity (Wildman–Crippen MR) is 155 cm³/mol. The Kier molecular flexibility index (Phi) is 14.7. The van der Waals surface area contributed by atoms with Gasteiger partial charge in [0.15, 0.2) is 30.5 Å². The summed E-state index contributed by atoms with van der Waals surface area (Å²) in [6, 6.07) is -3.18. The summed E-state index contributed by atoms with van der Waals surface area (Å²) in [4.78, 5) is 16.7. The van der Waals surface area contributed by atoms with Gasteiger partial charge in [0.2, 0.25) is 0 Å². The van der Waals surface area contributed by atoms with E-state index in [1.54, 1.807) is 0 Å². The Morgan fingerprint density at radius 2 is 1.67 bits per heavy atom. The summed E-state index contributed by atoms with van der Waals surface area (Å²) in [6.07, 6.45) is -16.0. The smallest absolute Gasteiger partial charge is 0.189 e. The highest BCUT2D eigenvalue weighted by molar-refractivity contribution is 5.83. The molecule has 0 bridgehead atoms. The van der Waals surface area contributed by atoms with Gasteiger partial charge in [-0.15, -0.1) is 0 Å². The second-order valence-corrected chi connectivity index (χ2v) is 11.7. The number of rotatable bonds is 14. The maximum absolute atomic E-state index is 16.5. The van der Waals surface area contributed by atoms with Crippen molar-refractivity contribution in [1.82, 2.24) is 5.32 Å². The van der Waals surface area contributed by atoms with Crippen molar-refractivity contribution >= 4 is 11.7 Å². The van der Waals surface area contributed by atoms with Gasteiger partial charge in [-0.05, 0) is 31.7 Å². The van der Waals surface area contributed by atoms with Gasteiger partial charge in [0, 0.05) is 19.0 Å². The zero-order valence-corrected chi connectivity index (χ0v) is 25.0. The van der Waals surface area contributed by atoms with Crippen LogP contribution in [0, 0.1) is 5.92 Å². The second kappa shape index (κ2) is 17.5. The Hall–Kier alpha value is -1.69. The molecule has 3 aliphatic rings. The highest BCUT2D eigenvalue weighted by Crippen LogP contribution is 2.37. The number of aliphatic hydroxyl groups excluding tert-OH is 6. The van der Waals surface area contributed by atoms with Crippen molar-refractivity contribution in [2.75, 3.05) is 32.8 Å². The Morgan fingerprint density at radius 1 is 1.00 bits per heavy atom. The van der Waals surface area contributed by atoms with Crippen LogP contribution in [0.1, 0.15) is 25.7 Å². The Balaban J connectivity index is 1.88. The predicted octanol–water partition coefficient (Wildman–Crippen LogP) is -6.42. The van der Waals surface area contributed by atoms with Gasteiger partial charge in [-0.2, -0.15) is 0 Å². The van der Waals surface area contributed by atoms with E-state index in [-0.39, 0.29) is 57.9 Å². The van der Waals surface area contributed by atoms with Gasteiger partial charge < -0.3 is 83.6 Å². The molecular weight excluding hydrogens is 605 g/mol. The van der Waals surface area contributed by atoms with Crippen LogP contribution >= 0.6 is 0 Å². The number of ketones is 1. The first kappa shape index (κ1) is 37.8. The second-order valence-electron chi connectivity index (χ2n) is 11.7. The van der Waals surface area contributed by atoms with Crippen LogP contribution in [0.4, 0.5) is 4.39 Å². The lowest BCUT2D eigenvalue weighted by molar-refractivity contribution is -0.315. The number of carbonyl (C=O) groups excluding carboxylic acids is 1. The number of aliphatic hydroxyl groups is 6. The Bertz CT molecular complexity index is 961. The topological polar surface area (TPSA) is 330 Å². The Labute approximate surface area is 260 Å². The summed E-state index contributed by atoms with van der Waals surface area (Å²) in [5.74, 6) is -1.82. The molecule has 0 aromatic carbocycles. The third-order valence-corrected chi connectivity index (χ3v) is 8.36. The molecule has 2 aliphatic heterocycles. The lowest BCUT2D eigenvalue weighted by Crippen LogP contribution is -2.67. The van der Waals surface area contributed by atoms with Crippen molar-refractivity contribution in [3.05, 3.63) is 0 Å². The van der Waals surface area contributed by atoms with Crippen molar-refractivity contribution in [2.45, 2.75) is 111 Å². The fraction of sp³-hybridized carbons (Fsp3) is 0.923. The highest BCUT2D eigenvalue weighted by atomic mass is 19.1. The van der Waals surface area contributed by atoms with Crippen molar-refractivity contribution in [1.29, 1.82) is 0 Å². The van der Waals surface area contributed by atoms with Crippen LogP contribution < -0.4 is 34.0 Å². The molecule has 17 N–H and O–H groups in total. The van der Waals surface area contributed by atoms with Crippen LogP contribution in [0.15, 0.2) is 4.99 Å². The summed E-state index contributed by atoms with van der Waals surface area (Å²) >= 11 is 0. The summed E-state index contributed by atoms with van der Waals surface area (Å²) in [7, 11) is 0. The number of alkyl halides is 1. The van der Waals surface area contributed by atoms with E-state index in [0.717, 1.165) is 0 Å². The fourth-order valence-corrected chi connectivity index (χ4v) is 5.89. The van der Waals surface area contributed by atoms with Gasteiger partial charge in [0.1, 0.15) is 30.5 Å². The number of guanidine groups is 1. The zero-order valence-electron chi connectivity index (χ0n) is 25.0. The maximum Gasteiger partial charge on any atom is 0.189 e. The van der Waals surface area contributed by atoms with Gasteiger partial charge in [-0.25, -0.2) is 4.39 Å². The van der Waals surface area contributed by atoms with E-state index < -0.39 is 104 Å². The number of Topliss-reactive ketones (excluding diaryl/α,β-unsaturated/α-hetero) is 1. The monoisotopic (exact) mass is 655 g/mol. The average Bonchev–Trinajstić information content (AvgIpc) is 3.00. The first-order valence-electron chi connectivity index (χ1n) is 15.1. The van der Waals surface area contributed by atoms with Crippen LogP contribution in [0.2, 0.25) is 0 Å². The van der Waals surface area contributed by atoms with Crippen molar-refractivity contribution in [2.24, 2.45) is 39.6 Å². The maximum atomic E-state index is 16.5. The van der Waals surface area contributed by atoms with E-state index in [1.165, 1.54) is 0 Å². The normalized spacial score (nSPS) is 41.9. The van der Waals surface area contributed by atoms with E-state index in [4.69, 9.17) is 52.7 Å². The number of nitrogens with two attached hydrogens (primary N) is 5. The minimum absolute atomic E-state index is 0.0217. The molecule has 3 rings (SSSR count). The molecule has 0 aromatic heterocycles. The van der Waals surface area contributed by atoms with Gasteiger partial charge in [0.05, 0.1) is 50.2 Å². The summed E-state index contributed by atoms with van der Waals surface area (Å²) in [6.45, 7) is -1.13. The number of nitrogens with zero attached hydrogens (tertiary/aromatic N) is 1. The number of aliphatic imine (C=N–C) groups is 1. The standard InChI is InChI=1S/C26H50FN7O11/c27-18-22(44-25-21(41)19(20(40)17(9-36)43-25)34-26(32)33-3-4-35)10(6-14(38)13(37)1-2-28)5-11(30)23(18)45-24-12(31)7-15(39)16(8-29)42-24/h10-13,15-25,35-37,39-41H,1-9,28-31H2,(H3,32,33,34)/t10-,11?,12?,13-,15-,16?,17+,18+,19?,20+,21+,22?,23+,24+,25?/m0/s1. The molecule has 1 aliphatic carbocycles. The number of carbonyl (C=O) groups is 1. The number of halogens is 1. The molecule has 0 spiro atoms. The first-order chi connectivity index (χ1) is 21.4. The van der Waals surface area contributed by atoms with Crippen LogP contribution in [0.5, 0.6) is 0 Å². The van der Waals surface area contributed by atoms with E-state index in [9.17, 15) is 30.3 Å². The minimum Gasteiger partial charge on any atom is -0.394 e. The quantitative estimate of drug-likeness (QED) is 0.0611. The highest BCUT2D eigenvalue weighted by Gasteiger charge is 2.52. The molecule has 18 nitrogen and oxygen atoms in total. The lowest BCUT2D eigenvalue weighted by Gasteiger charge is -2.48.